The van der Waals surface area contributed by atoms with Crippen LogP contribution in [-0.2, 0) is 0 Å². The Balaban J connectivity index is 0.00000210. The van der Waals surface area contributed by atoms with E-state index >= 15 is 0 Å². The van der Waals surface area contributed by atoms with E-state index in [1.807, 2.05) is 6.07 Å². The molecule has 1 aromatic heterocycles. The maximum Gasteiger partial charge on any atom is 0.261 e. The predicted octanol–water partition coefficient (Wildman–Crippen LogP) is 4.91. The lowest BCUT2D eigenvalue weighted by atomic mass is 9.95. The van der Waals surface area contributed by atoms with Gasteiger partial charge in [0, 0.05) is 35.8 Å². The smallest absolute Gasteiger partial charge is 0.261 e. The van der Waals surface area contributed by atoms with Crippen LogP contribution < -0.4 is 16.0 Å². The second-order valence-corrected chi connectivity index (χ2v) is 8.35. The van der Waals surface area contributed by atoms with Crippen molar-refractivity contribution < 1.29 is 9.18 Å². The Morgan fingerprint density at radius 3 is 2.55 bits per heavy atom. The van der Waals surface area contributed by atoms with Crippen LogP contribution in [0.4, 0.5) is 4.39 Å². The maximum absolute atomic E-state index is 13.7. The molecular weight excluding hydrogens is 432 g/mol. The standard InChI is InChI=1S/C21H30FN3OS.2ClH/c22-18-9-6-10-19-17(18)15-20(27-19)21(26)25-12-5-4-11-23-13-14-24-16-7-2-1-3-8-16;;/h6,9-10,15-16,23-24H,1-5,7-8,11-14H2,(H,25,26);2*1H. The lowest BCUT2D eigenvalue weighted by Crippen LogP contribution is -2.36. The van der Waals surface area contributed by atoms with Gasteiger partial charge in [-0.1, -0.05) is 25.3 Å². The summed E-state index contributed by atoms with van der Waals surface area (Å²) >= 11 is 1.34. The van der Waals surface area contributed by atoms with Crippen molar-refractivity contribution in [3.63, 3.8) is 0 Å². The second kappa shape index (κ2) is 14.1. The monoisotopic (exact) mass is 463 g/mol. The van der Waals surface area contributed by atoms with Gasteiger partial charge in [-0.25, -0.2) is 4.39 Å². The number of benzene rings is 1. The average molecular weight is 464 g/mol. The fourth-order valence-corrected chi connectivity index (χ4v) is 4.59. The van der Waals surface area contributed by atoms with Crippen molar-refractivity contribution in [3.8, 4) is 0 Å². The summed E-state index contributed by atoms with van der Waals surface area (Å²) in [6, 6.07) is 7.31. The number of thiophene rings is 1. The molecule has 1 aliphatic rings. The average Bonchev–Trinajstić information content (AvgIpc) is 3.13. The minimum absolute atomic E-state index is 0. The maximum atomic E-state index is 13.7. The number of unbranched alkanes of at least 4 members (excludes halogenated alkanes) is 1. The Hall–Kier alpha value is -0.920. The second-order valence-electron chi connectivity index (χ2n) is 7.26. The van der Waals surface area contributed by atoms with Crippen LogP contribution in [0.3, 0.4) is 0 Å². The highest BCUT2D eigenvalue weighted by molar-refractivity contribution is 7.20. The molecule has 1 aliphatic carbocycles. The van der Waals surface area contributed by atoms with Crippen molar-refractivity contribution in [1.29, 1.82) is 0 Å². The molecular formula is C21H32Cl2FN3OS. The SMILES string of the molecule is Cl.Cl.O=C(NCCCCNCCNC1CCCCC1)c1cc2c(F)cccc2s1. The zero-order valence-electron chi connectivity index (χ0n) is 16.7. The summed E-state index contributed by atoms with van der Waals surface area (Å²) in [4.78, 5) is 12.8. The Labute approximate surface area is 189 Å². The number of hydrogen-bond acceptors (Lipinski definition) is 4. The molecule has 29 heavy (non-hydrogen) atoms. The first kappa shape index (κ1) is 26.1. The number of carbonyl (C=O) groups excluding carboxylic acids is 1. The minimum Gasteiger partial charge on any atom is -0.351 e. The van der Waals surface area contributed by atoms with Gasteiger partial charge in [0.15, 0.2) is 0 Å². The first-order valence-electron chi connectivity index (χ1n) is 10.1. The van der Waals surface area contributed by atoms with E-state index in [1.54, 1.807) is 12.1 Å². The van der Waals surface area contributed by atoms with E-state index in [2.05, 4.69) is 16.0 Å². The first-order chi connectivity index (χ1) is 13.2. The van der Waals surface area contributed by atoms with Gasteiger partial charge in [0.1, 0.15) is 5.82 Å². The van der Waals surface area contributed by atoms with Crippen LogP contribution in [0.25, 0.3) is 10.1 Å². The van der Waals surface area contributed by atoms with Gasteiger partial charge in [-0.15, -0.1) is 36.2 Å². The zero-order valence-corrected chi connectivity index (χ0v) is 19.1. The highest BCUT2D eigenvalue weighted by Gasteiger charge is 2.12. The molecule has 0 unspecified atom stereocenters. The van der Waals surface area contributed by atoms with Gasteiger partial charge in [-0.05, 0) is 50.4 Å². The van der Waals surface area contributed by atoms with Gasteiger partial charge in [0.25, 0.3) is 5.91 Å². The molecule has 1 amide bonds. The molecule has 1 fully saturated rings. The lowest BCUT2D eigenvalue weighted by Gasteiger charge is -2.22. The molecule has 164 valence electrons. The van der Waals surface area contributed by atoms with Crippen molar-refractivity contribution >= 4 is 52.1 Å². The first-order valence-corrected chi connectivity index (χ1v) is 11.0. The fraction of sp³-hybridized carbons (Fsp3) is 0.571. The summed E-state index contributed by atoms with van der Waals surface area (Å²) in [6.45, 7) is 3.65. The fourth-order valence-electron chi connectivity index (χ4n) is 3.60. The van der Waals surface area contributed by atoms with Crippen LogP contribution in [0, 0.1) is 5.82 Å². The van der Waals surface area contributed by atoms with E-state index < -0.39 is 0 Å². The number of amides is 1. The normalized spacial score (nSPS) is 14.2. The Morgan fingerprint density at radius 1 is 1.03 bits per heavy atom. The number of rotatable bonds is 10. The highest BCUT2D eigenvalue weighted by Crippen LogP contribution is 2.27. The van der Waals surface area contributed by atoms with Crippen molar-refractivity contribution in [1.82, 2.24) is 16.0 Å². The Morgan fingerprint density at radius 2 is 1.79 bits per heavy atom. The highest BCUT2D eigenvalue weighted by atomic mass is 35.5. The van der Waals surface area contributed by atoms with Crippen molar-refractivity contribution in [2.45, 2.75) is 51.0 Å². The van der Waals surface area contributed by atoms with E-state index in [1.165, 1.54) is 49.5 Å². The molecule has 0 bridgehead atoms. The third kappa shape index (κ3) is 8.38. The van der Waals surface area contributed by atoms with E-state index in [9.17, 15) is 9.18 Å². The molecule has 3 N–H and O–H groups in total. The molecule has 0 aliphatic heterocycles. The summed E-state index contributed by atoms with van der Waals surface area (Å²) < 4.78 is 14.5. The largest absolute Gasteiger partial charge is 0.351 e. The molecule has 1 heterocycles. The van der Waals surface area contributed by atoms with Gasteiger partial charge >= 0.3 is 0 Å². The minimum atomic E-state index is -0.271. The summed E-state index contributed by atoms with van der Waals surface area (Å²) in [5.41, 5.74) is 0. The number of carbonyl (C=O) groups is 1. The molecule has 0 radical (unpaired) electrons. The van der Waals surface area contributed by atoms with Gasteiger partial charge < -0.3 is 16.0 Å². The molecule has 0 saturated heterocycles. The van der Waals surface area contributed by atoms with E-state index in [0.717, 1.165) is 43.2 Å². The number of fused-ring (bicyclic) bond motifs is 1. The van der Waals surface area contributed by atoms with Crippen molar-refractivity contribution in [3.05, 3.63) is 35.0 Å². The Bertz CT molecular complexity index is 738. The summed E-state index contributed by atoms with van der Waals surface area (Å²) in [7, 11) is 0. The molecule has 0 spiro atoms. The molecule has 4 nitrogen and oxygen atoms in total. The van der Waals surface area contributed by atoms with Crippen LogP contribution >= 0.6 is 36.2 Å². The van der Waals surface area contributed by atoms with Gasteiger partial charge in [0.05, 0.1) is 4.88 Å². The Kier molecular flexibility index (Phi) is 12.7. The molecule has 1 aromatic carbocycles. The van der Waals surface area contributed by atoms with Crippen LogP contribution in [0.15, 0.2) is 24.3 Å². The molecule has 1 saturated carbocycles. The van der Waals surface area contributed by atoms with Gasteiger partial charge in [0.2, 0.25) is 0 Å². The van der Waals surface area contributed by atoms with Crippen molar-refractivity contribution in [2.24, 2.45) is 0 Å². The number of hydrogen-bond donors (Lipinski definition) is 3. The van der Waals surface area contributed by atoms with E-state index in [0.29, 0.717) is 16.8 Å². The van der Waals surface area contributed by atoms with E-state index in [4.69, 9.17) is 0 Å². The summed E-state index contributed by atoms with van der Waals surface area (Å²) in [5.74, 6) is -0.382. The summed E-state index contributed by atoms with van der Waals surface area (Å²) in [5, 5.41) is 10.5. The molecule has 3 rings (SSSR count). The van der Waals surface area contributed by atoms with Crippen molar-refractivity contribution in [2.75, 3.05) is 26.2 Å². The van der Waals surface area contributed by atoms with Crippen LogP contribution in [0.5, 0.6) is 0 Å². The van der Waals surface area contributed by atoms with Crippen LogP contribution in [0.2, 0.25) is 0 Å². The van der Waals surface area contributed by atoms with Crippen LogP contribution in [-0.4, -0.2) is 38.1 Å². The molecule has 0 atom stereocenters. The lowest BCUT2D eigenvalue weighted by molar-refractivity contribution is 0.0957. The summed E-state index contributed by atoms with van der Waals surface area (Å²) in [6.07, 6.45) is 8.75. The van der Waals surface area contributed by atoms with Gasteiger partial charge in [-0.2, -0.15) is 0 Å². The number of nitrogens with one attached hydrogen (secondary N) is 3. The number of halogens is 3. The molecule has 8 heteroatoms. The molecule has 2 aromatic rings. The zero-order chi connectivity index (χ0) is 18.9. The third-order valence-corrected chi connectivity index (χ3v) is 6.24. The van der Waals surface area contributed by atoms with Crippen LogP contribution in [0.1, 0.15) is 54.6 Å². The topological polar surface area (TPSA) is 53.2 Å². The van der Waals surface area contributed by atoms with Gasteiger partial charge in [-0.3, -0.25) is 4.79 Å². The third-order valence-electron chi connectivity index (χ3n) is 5.14. The van der Waals surface area contributed by atoms with E-state index in [-0.39, 0.29) is 36.5 Å². The quantitative estimate of drug-likeness (QED) is 0.438. The predicted molar refractivity (Wildman–Crippen MR) is 126 cm³/mol.